The summed E-state index contributed by atoms with van der Waals surface area (Å²) >= 11 is 1.08. The molecule has 0 spiro atoms. The van der Waals surface area contributed by atoms with E-state index < -0.39 is 5.97 Å². The summed E-state index contributed by atoms with van der Waals surface area (Å²) in [5, 5.41) is 15.9. The topological polar surface area (TPSA) is 84.2 Å². The quantitative estimate of drug-likeness (QED) is 0.809. The van der Waals surface area contributed by atoms with Crippen molar-refractivity contribution in [3.8, 4) is 5.69 Å². The number of carbonyl (C=O) groups is 2. The molecule has 1 aromatic heterocycles. The Bertz CT molecular complexity index is 698. The molecule has 1 amide bonds. The number of carbonyl (C=O) groups excluding carboxylic acids is 1. The molecule has 0 saturated carbocycles. The van der Waals surface area contributed by atoms with Crippen molar-refractivity contribution in [2.24, 2.45) is 0 Å². The van der Waals surface area contributed by atoms with Crippen LogP contribution in [0.25, 0.3) is 5.69 Å². The molecule has 7 heteroatoms. The molecule has 0 aliphatic rings. The number of aryl methyl sites for hydroxylation is 1. The molecule has 23 heavy (non-hydrogen) atoms. The third-order valence-corrected chi connectivity index (χ3v) is 4.28. The van der Waals surface area contributed by atoms with Crippen LogP contribution in [0.2, 0.25) is 0 Å². The molecule has 1 aromatic carbocycles. The van der Waals surface area contributed by atoms with Crippen LogP contribution in [0.15, 0.2) is 30.3 Å². The van der Waals surface area contributed by atoms with Gasteiger partial charge < -0.3 is 10.4 Å². The first kappa shape index (κ1) is 17.1. The predicted molar refractivity (Wildman–Crippen MR) is 89.8 cm³/mol. The maximum Gasteiger partial charge on any atom is 0.313 e. The van der Waals surface area contributed by atoms with E-state index in [4.69, 9.17) is 5.11 Å². The molecular formula is C16H19N3O3S. The van der Waals surface area contributed by atoms with Gasteiger partial charge in [-0.05, 0) is 26.0 Å². The van der Waals surface area contributed by atoms with Crippen LogP contribution in [0.1, 0.15) is 17.0 Å². The molecule has 0 unspecified atom stereocenters. The first-order valence-electron chi connectivity index (χ1n) is 7.15. The van der Waals surface area contributed by atoms with Crippen molar-refractivity contribution in [3.05, 3.63) is 47.3 Å². The number of benzene rings is 1. The van der Waals surface area contributed by atoms with E-state index in [-0.39, 0.29) is 17.4 Å². The standard InChI is InChI=1S/C16H19N3O3S/c1-11-14(8-17-15(20)9-23-10-16(21)22)12(2)19(18-11)13-6-4-3-5-7-13/h3-7H,8-10H2,1-2H3,(H,17,20)(H,21,22). The molecule has 0 aliphatic heterocycles. The molecule has 0 saturated heterocycles. The van der Waals surface area contributed by atoms with Crippen LogP contribution >= 0.6 is 11.8 Å². The number of carboxylic acid groups (broad SMARTS) is 1. The van der Waals surface area contributed by atoms with Gasteiger partial charge in [-0.3, -0.25) is 9.59 Å². The summed E-state index contributed by atoms with van der Waals surface area (Å²) in [4.78, 5) is 22.2. The SMILES string of the molecule is Cc1nn(-c2ccccc2)c(C)c1CNC(=O)CSCC(=O)O. The highest BCUT2D eigenvalue weighted by atomic mass is 32.2. The van der Waals surface area contributed by atoms with Gasteiger partial charge >= 0.3 is 5.97 Å². The van der Waals surface area contributed by atoms with Gasteiger partial charge in [0.15, 0.2) is 0 Å². The number of para-hydroxylation sites is 1. The lowest BCUT2D eigenvalue weighted by molar-refractivity contribution is -0.133. The van der Waals surface area contributed by atoms with Crippen LogP contribution in [0.5, 0.6) is 0 Å². The summed E-state index contributed by atoms with van der Waals surface area (Å²) in [6.45, 7) is 4.26. The highest BCUT2D eigenvalue weighted by molar-refractivity contribution is 8.00. The van der Waals surface area contributed by atoms with Crippen molar-refractivity contribution in [1.29, 1.82) is 0 Å². The average molecular weight is 333 g/mol. The largest absolute Gasteiger partial charge is 0.481 e. The van der Waals surface area contributed by atoms with Crippen LogP contribution < -0.4 is 5.32 Å². The lowest BCUT2D eigenvalue weighted by Crippen LogP contribution is -2.25. The predicted octanol–water partition coefficient (Wildman–Crippen LogP) is 1.92. The lowest BCUT2D eigenvalue weighted by atomic mass is 10.2. The fourth-order valence-electron chi connectivity index (χ4n) is 2.22. The van der Waals surface area contributed by atoms with Crippen molar-refractivity contribution in [2.45, 2.75) is 20.4 Å². The van der Waals surface area contributed by atoms with Crippen molar-refractivity contribution in [1.82, 2.24) is 15.1 Å². The molecule has 0 radical (unpaired) electrons. The highest BCUT2D eigenvalue weighted by Gasteiger charge is 2.13. The van der Waals surface area contributed by atoms with Gasteiger partial charge in [0.2, 0.25) is 5.91 Å². The fraction of sp³-hybridized carbons (Fsp3) is 0.312. The number of amides is 1. The van der Waals surface area contributed by atoms with Crippen LogP contribution in [-0.2, 0) is 16.1 Å². The minimum atomic E-state index is -0.918. The number of rotatable bonds is 7. The minimum absolute atomic E-state index is 0.0720. The van der Waals surface area contributed by atoms with E-state index >= 15 is 0 Å². The second-order valence-corrected chi connectivity index (χ2v) is 6.05. The summed E-state index contributed by atoms with van der Waals surface area (Å²) in [6, 6.07) is 9.81. The van der Waals surface area contributed by atoms with Crippen LogP contribution in [0.3, 0.4) is 0 Å². The third kappa shape index (κ3) is 4.59. The molecule has 0 aliphatic carbocycles. The van der Waals surface area contributed by atoms with E-state index in [1.165, 1.54) is 0 Å². The van der Waals surface area contributed by atoms with Gasteiger partial charge in [-0.2, -0.15) is 5.10 Å². The van der Waals surface area contributed by atoms with Crippen LogP contribution in [0.4, 0.5) is 0 Å². The Labute approximate surface area is 138 Å². The number of nitrogens with one attached hydrogen (secondary N) is 1. The summed E-state index contributed by atoms with van der Waals surface area (Å²) in [6.07, 6.45) is 0. The van der Waals surface area contributed by atoms with Gasteiger partial charge in [-0.15, -0.1) is 11.8 Å². The van der Waals surface area contributed by atoms with Crippen molar-refractivity contribution >= 4 is 23.6 Å². The molecule has 0 atom stereocenters. The Hall–Kier alpha value is -2.28. The Morgan fingerprint density at radius 3 is 2.57 bits per heavy atom. The Morgan fingerprint density at radius 2 is 1.91 bits per heavy atom. The van der Waals surface area contributed by atoms with Gasteiger partial charge in [-0.25, -0.2) is 4.68 Å². The Kier molecular flexibility index (Phi) is 5.81. The number of aromatic nitrogens is 2. The smallest absolute Gasteiger partial charge is 0.313 e. The van der Waals surface area contributed by atoms with Gasteiger partial charge in [0.1, 0.15) is 0 Å². The maximum atomic E-state index is 11.7. The second-order valence-electron chi connectivity index (χ2n) is 5.06. The molecule has 6 nitrogen and oxygen atoms in total. The Balaban J connectivity index is 2.00. The van der Waals surface area contributed by atoms with E-state index in [1.54, 1.807) is 0 Å². The van der Waals surface area contributed by atoms with Crippen LogP contribution in [-0.4, -0.2) is 38.3 Å². The van der Waals surface area contributed by atoms with E-state index in [0.717, 1.165) is 34.4 Å². The summed E-state index contributed by atoms with van der Waals surface area (Å²) in [7, 11) is 0. The van der Waals surface area contributed by atoms with Crippen molar-refractivity contribution in [2.75, 3.05) is 11.5 Å². The molecule has 2 aromatic rings. The first-order valence-corrected chi connectivity index (χ1v) is 8.31. The fourth-order valence-corrected chi connectivity index (χ4v) is 2.78. The number of hydrogen-bond donors (Lipinski definition) is 2. The number of hydrogen-bond acceptors (Lipinski definition) is 4. The summed E-state index contributed by atoms with van der Waals surface area (Å²) < 4.78 is 1.86. The third-order valence-electron chi connectivity index (χ3n) is 3.36. The molecule has 0 bridgehead atoms. The van der Waals surface area contributed by atoms with Gasteiger partial charge in [0, 0.05) is 17.8 Å². The highest BCUT2D eigenvalue weighted by Crippen LogP contribution is 2.17. The van der Waals surface area contributed by atoms with E-state index in [9.17, 15) is 9.59 Å². The van der Waals surface area contributed by atoms with Crippen molar-refractivity contribution < 1.29 is 14.7 Å². The minimum Gasteiger partial charge on any atom is -0.481 e. The zero-order valence-electron chi connectivity index (χ0n) is 13.1. The van der Waals surface area contributed by atoms with Crippen molar-refractivity contribution in [3.63, 3.8) is 0 Å². The van der Waals surface area contributed by atoms with E-state index in [0.29, 0.717) is 6.54 Å². The van der Waals surface area contributed by atoms with Gasteiger partial charge in [0.05, 0.1) is 22.9 Å². The first-order chi connectivity index (χ1) is 11.0. The summed E-state index contributed by atoms with van der Waals surface area (Å²) in [5.41, 5.74) is 3.80. The van der Waals surface area contributed by atoms with Gasteiger partial charge in [-0.1, -0.05) is 18.2 Å². The van der Waals surface area contributed by atoms with E-state index in [1.807, 2.05) is 48.9 Å². The second kappa shape index (κ2) is 7.82. The molecular weight excluding hydrogens is 314 g/mol. The lowest BCUT2D eigenvalue weighted by Gasteiger charge is -2.07. The van der Waals surface area contributed by atoms with Crippen LogP contribution in [0, 0.1) is 13.8 Å². The zero-order valence-corrected chi connectivity index (χ0v) is 13.9. The van der Waals surface area contributed by atoms with Gasteiger partial charge in [0.25, 0.3) is 0 Å². The zero-order chi connectivity index (χ0) is 16.8. The molecule has 2 rings (SSSR count). The molecule has 0 fully saturated rings. The monoisotopic (exact) mass is 333 g/mol. The number of aliphatic carboxylic acids is 1. The van der Waals surface area contributed by atoms with E-state index in [2.05, 4.69) is 10.4 Å². The summed E-state index contributed by atoms with van der Waals surface area (Å²) in [5.74, 6) is -1.03. The number of carboxylic acids is 1. The number of thioether (sulfide) groups is 1. The Morgan fingerprint density at radius 1 is 1.22 bits per heavy atom. The normalized spacial score (nSPS) is 10.5. The molecule has 1 heterocycles. The molecule has 122 valence electrons. The number of nitrogens with zero attached hydrogens (tertiary/aromatic N) is 2. The maximum absolute atomic E-state index is 11.7. The molecule has 2 N–H and O–H groups in total. The average Bonchev–Trinajstić information content (AvgIpc) is 2.80.